The average molecular weight is 435 g/mol. The van der Waals surface area contributed by atoms with Crippen molar-refractivity contribution < 1.29 is 23.6 Å². The number of carbonyl (C=O) groups excluding carboxylic acids is 2. The lowest BCUT2D eigenvalue weighted by molar-refractivity contribution is 0.103. The van der Waals surface area contributed by atoms with Crippen molar-refractivity contribution in [2.75, 3.05) is 14.2 Å². The molecule has 0 heterocycles. The molecular weight excluding hydrogens is 411 g/mol. The van der Waals surface area contributed by atoms with Crippen LogP contribution in [0.3, 0.4) is 0 Å². The first-order valence-electron chi connectivity index (χ1n) is 9.74. The molecule has 0 bridgehead atoms. The highest BCUT2D eigenvalue weighted by Crippen LogP contribution is 2.39. The van der Waals surface area contributed by atoms with Gasteiger partial charge in [-0.25, -0.2) is 4.79 Å². The lowest BCUT2D eigenvalue weighted by atomic mass is 9.94. The molecule has 31 heavy (non-hydrogen) atoms. The Kier molecular flexibility index (Phi) is 6.67. The molecule has 158 valence electrons. The van der Waals surface area contributed by atoms with Crippen molar-refractivity contribution in [3.8, 4) is 11.5 Å². The van der Waals surface area contributed by atoms with Gasteiger partial charge in [0.15, 0.2) is 11.3 Å². The Hall–Kier alpha value is -3.30. The quantitative estimate of drug-likeness (QED) is 0.379. The molecule has 0 radical (unpaired) electrons. The van der Waals surface area contributed by atoms with Crippen molar-refractivity contribution in [2.45, 2.75) is 20.8 Å². The molecule has 0 saturated heterocycles. The average Bonchev–Trinajstić information content (AvgIpc) is 2.80. The maximum absolute atomic E-state index is 13.4. The zero-order valence-electron chi connectivity index (χ0n) is 18.2. The predicted molar refractivity (Wildman–Crippen MR) is 122 cm³/mol. The SMILES string of the molecule is COc1cccc(OC)c1C(=O)[P+](=O)c1c(C)cc(C(=O)c2ccccc2)c(C)c1C. The topological polar surface area (TPSA) is 69.7 Å². The van der Waals surface area contributed by atoms with Gasteiger partial charge in [0.2, 0.25) is 5.30 Å². The molecule has 1 atom stereocenters. The van der Waals surface area contributed by atoms with Crippen LogP contribution in [0.15, 0.2) is 54.6 Å². The summed E-state index contributed by atoms with van der Waals surface area (Å²) in [4.78, 5) is 26.3. The maximum Gasteiger partial charge on any atom is 0.459 e. The van der Waals surface area contributed by atoms with Gasteiger partial charge in [-0.1, -0.05) is 41.0 Å². The summed E-state index contributed by atoms with van der Waals surface area (Å²) in [5.41, 5.74) is 2.70. The number of aryl methyl sites for hydroxylation is 1. The Labute approximate surface area is 182 Å². The first kappa shape index (κ1) is 22.4. The number of ketones is 1. The standard InChI is InChI=1S/C25H24O5P/c1-15-14-19(23(26)18-10-7-6-8-11-18)16(2)17(3)24(15)31(28)25(27)22-20(29-4)12-9-13-21(22)30-5/h6-14H,1-5H3/q+1. The van der Waals surface area contributed by atoms with E-state index in [4.69, 9.17) is 9.47 Å². The highest BCUT2D eigenvalue weighted by molar-refractivity contribution is 7.71. The molecule has 6 heteroatoms. The molecule has 0 aliphatic carbocycles. The van der Waals surface area contributed by atoms with E-state index < -0.39 is 13.3 Å². The molecule has 0 aliphatic heterocycles. The number of benzene rings is 3. The fourth-order valence-electron chi connectivity index (χ4n) is 3.63. The molecule has 0 amide bonds. The minimum absolute atomic E-state index is 0.108. The van der Waals surface area contributed by atoms with Gasteiger partial charge in [0.1, 0.15) is 11.5 Å². The molecule has 3 aromatic rings. The van der Waals surface area contributed by atoms with Crippen LogP contribution >= 0.6 is 7.80 Å². The Balaban J connectivity index is 2.09. The molecule has 0 aliphatic rings. The zero-order valence-corrected chi connectivity index (χ0v) is 19.1. The van der Waals surface area contributed by atoms with Gasteiger partial charge in [0.05, 0.1) is 14.2 Å². The third-order valence-electron chi connectivity index (χ3n) is 5.37. The van der Waals surface area contributed by atoms with Crippen molar-refractivity contribution in [1.29, 1.82) is 0 Å². The first-order valence-corrected chi connectivity index (χ1v) is 11.0. The third-order valence-corrected chi connectivity index (χ3v) is 7.05. The van der Waals surface area contributed by atoms with Gasteiger partial charge in [-0.05, 0) is 44.5 Å². The monoisotopic (exact) mass is 435 g/mol. The second-order valence-electron chi connectivity index (χ2n) is 7.17. The minimum Gasteiger partial charge on any atom is -0.496 e. The first-order chi connectivity index (χ1) is 14.8. The highest BCUT2D eigenvalue weighted by atomic mass is 31.1. The van der Waals surface area contributed by atoms with Crippen molar-refractivity contribution in [3.63, 3.8) is 0 Å². The van der Waals surface area contributed by atoms with Crippen LogP contribution in [0.25, 0.3) is 0 Å². The van der Waals surface area contributed by atoms with E-state index in [1.807, 2.05) is 25.1 Å². The molecule has 5 nitrogen and oxygen atoms in total. The van der Waals surface area contributed by atoms with E-state index in [2.05, 4.69) is 0 Å². The number of rotatable bonds is 7. The van der Waals surface area contributed by atoms with E-state index in [0.717, 1.165) is 0 Å². The van der Waals surface area contributed by atoms with Crippen LogP contribution in [0, 0.1) is 20.8 Å². The Morgan fingerprint density at radius 2 is 1.39 bits per heavy atom. The van der Waals surface area contributed by atoms with E-state index in [1.54, 1.807) is 50.2 Å². The molecular formula is C25H24O5P+. The van der Waals surface area contributed by atoms with Crippen LogP contribution in [-0.2, 0) is 4.57 Å². The smallest absolute Gasteiger partial charge is 0.459 e. The molecule has 3 aromatic carbocycles. The van der Waals surface area contributed by atoms with E-state index in [9.17, 15) is 14.2 Å². The van der Waals surface area contributed by atoms with Gasteiger partial charge < -0.3 is 9.47 Å². The summed E-state index contributed by atoms with van der Waals surface area (Å²) < 4.78 is 24.0. The van der Waals surface area contributed by atoms with Crippen LogP contribution < -0.4 is 14.8 Å². The Morgan fingerprint density at radius 1 is 0.806 bits per heavy atom. The lowest BCUT2D eigenvalue weighted by Gasteiger charge is -2.12. The summed E-state index contributed by atoms with van der Waals surface area (Å²) in [7, 11) is 0.434. The van der Waals surface area contributed by atoms with Crippen molar-refractivity contribution in [3.05, 3.63) is 88.0 Å². The van der Waals surface area contributed by atoms with Crippen LogP contribution in [0.4, 0.5) is 0 Å². The number of ether oxygens (including phenoxy) is 2. The molecule has 3 rings (SSSR count). The zero-order chi connectivity index (χ0) is 22.7. The van der Waals surface area contributed by atoms with Gasteiger partial charge in [-0.2, -0.15) is 0 Å². The number of methoxy groups -OCH3 is 2. The van der Waals surface area contributed by atoms with Gasteiger partial charge in [0.25, 0.3) is 0 Å². The summed E-state index contributed by atoms with van der Waals surface area (Å²) in [6.07, 6.45) is 0. The van der Waals surface area contributed by atoms with Crippen molar-refractivity contribution >= 4 is 24.4 Å². The normalized spacial score (nSPS) is 11.1. The Bertz CT molecular complexity index is 1160. The molecule has 1 unspecified atom stereocenters. The van der Waals surface area contributed by atoms with Crippen LogP contribution in [0.1, 0.15) is 43.0 Å². The summed E-state index contributed by atoms with van der Waals surface area (Å²) in [5.74, 6) is 0.495. The van der Waals surface area contributed by atoms with E-state index in [-0.39, 0.29) is 11.3 Å². The summed E-state index contributed by atoms with van der Waals surface area (Å²) >= 11 is 0. The molecule has 0 saturated carbocycles. The highest BCUT2D eigenvalue weighted by Gasteiger charge is 2.40. The second kappa shape index (κ2) is 9.23. The van der Waals surface area contributed by atoms with E-state index >= 15 is 0 Å². The summed E-state index contributed by atoms with van der Waals surface area (Å²) in [5, 5.41) is 0.440. The largest absolute Gasteiger partial charge is 0.496 e. The van der Waals surface area contributed by atoms with Gasteiger partial charge >= 0.3 is 13.3 Å². The van der Waals surface area contributed by atoms with Crippen LogP contribution in [0.5, 0.6) is 11.5 Å². The Morgan fingerprint density at radius 3 is 1.94 bits per heavy atom. The summed E-state index contributed by atoms with van der Waals surface area (Å²) in [6, 6.07) is 15.7. The lowest BCUT2D eigenvalue weighted by Crippen LogP contribution is -2.17. The fourth-order valence-corrected chi connectivity index (χ4v) is 5.11. The van der Waals surface area contributed by atoms with E-state index in [1.165, 1.54) is 14.2 Å². The summed E-state index contributed by atoms with van der Waals surface area (Å²) in [6.45, 7) is 5.37. The van der Waals surface area contributed by atoms with Crippen molar-refractivity contribution in [2.24, 2.45) is 0 Å². The van der Waals surface area contributed by atoms with Crippen LogP contribution in [0.2, 0.25) is 0 Å². The molecule has 0 N–H and O–H groups in total. The third kappa shape index (κ3) is 4.14. The van der Waals surface area contributed by atoms with Gasteiger partial charge in [0, 0.05) is 22.3 Å². The fraction of sp³-hybridized carbons (Fsp3) is 0.200. The molecule has 0 spiro atoms. The number of hydrogen-bond donors (Lipinski definition) is 0. The van der Waals surface area contributed by atoms with Crippen molar-refractivity contribution in [1.82, 2.24) is 0 Å². The van der Waals surface area contributed by atoms with Gasteiger partial charge in [-0.15, -0.1) is 0 Å². The second-order valence-corrected chi connectivity index (χ2v) is 8.61. The molecule has 0 fully saturated rings. The predicted octanol–water partition coefficient (Wildman–Crippen LogP) is 5.15. The minimum atomic E-state index is -2.46. The maximum atomic E-state index is 13.4. The van der Waals surface area contributed by atoms with Gasteiger partial charge in [-0.3, -0.25) is 4.79 Å². The van der Waals surface area contributed by atoms with Crippen LogP contribution in [-0.4, -0.2) is 25.5 Å². The number of carbonyl (C=O) groups is 2. The molecule has 0 aromatic heterocycles. The van der Waals surface area contributed by atoms with E-state index in [0.29, 0.717) is 44.6 Å². The number of hydrogen-bond acceptors (Lipinski definition) is 5.